The molecule has 0 aromatic heterocycles. The van der Waals surface area contributed by atoms with Crippen molar-refractivity contribution in [2.24, 2.45) is 29.4 Å². The minimum Gasteiger partial charge on any atom is -0.352 e. The fourth-order valence-electron chi connectivity index (χ4n) is 5.79. The lowest BCUT2D eigenvalue weighted by Gasteiger charge is -2.43. The van der Waals surface area contributed by atoms with Crippen LogP contribution in [0.1, 0.15) is 63.0 Å². The van der Waals surface area contributed by atoms with Crippen LogP contribution in [0.2, 0.25) is 0 Å². The number of carbonyl (C=O) groups is 1. The molecule has 3 aliphatic rings. The molecule has 3 N–H and O–H groups in total. The van der Waals surface area contributed by atoms with Gasteiger partial charge in [-0.1, -0.05) is 37.6 Å². The summed E-state index contributed by atoms with van der Waals surface area (Å²) in [6.45, 7) is 6.46. The van der Waals surface area contributed by atoms with Gasteiger partial charge in [-0.3, -0.25) is 9.69 Å². The van der Waals surface area contributed by atoms with E-state index >= 15 is 0 Å². The topological polar surface area (TPSA) is 58.4 Å². The molecule has 1 aliphatic heterocycles. The molecule has 4 nitrogen and oxygen atoms in total. The van der Waals surface area contributed by atoms with E-state index in [0.29, 0.717) is 24.4 Å². The van der Waals surface area contributed by atoms with E-state index in [1.807, 2.05) is 0 Å². The van der Waals surface area contributed by atoms with Gasteiger partial charge in [-0.15, -0.1) is 0 Å². The molecule has 1 heterocycles. The number of nitrogens with two attached hydrogens (primary N) is 1. The lowest BCUT2D eigenvalue weighted by atomic mass is 9.65. The van der Waals surface area contributed by atoms with E-state index in [0.717, 1.165) is 25.3 Å². The molecule has 1 aromatic carbocycles. The van der Waals surface area contributed by atoms with Crippen molar-refractivity contribution >= 4 is 5.91 Å². The number of nitrogens with one attached hydrogen (secondary N) is 1. The maximum Gasteiger partial charge on any atom is 0.223 e. The smallest absolute Gasteiger partial charge is 0.223 e. The van der Waals surface area contributed by atoms with Crippen LogP contribution in [0, 0.1) is 23.7 Å². The third kappa shape index (κ3) is 4.77. The van der Waals surface area contributed by atoms with Crippen LogP contribution in [0.3, 0.4) is 0 Å². The second-order valence-electron chi connectivity index (χ2n) is 9.71. The Labute approximate surface area is 170 Å². The molecule has 3 atom stereocenters. The number of amides is 1. The van der Waals surface area contributed by atoms with Crippen LogP contribution in [0.15, 0.2) is 24.3 Å². The Balaban J connectivity index is 1.25. The largest absolute Gasteiger partial charge is 0.352 e. The second kappa shape index (κ2) is 8.96. The SMILES string of the molecule is CC1CCCN(Cc2ccc(CNC(=O)C3CC4CCCC(C3)C4N)cc2)C1. The van der Waals surface area contributed by atoms with Gasteiger partial charge in [0, 0.05) is 31.6 Å². The Morgan fingerprint density at radius 1 is 1.07 bits per heavy atom. The third-order valence-electron chi connectivity index (χ3n) is 7.42. The maximum atomic E-state index is 12.7. The summed E-state index contributed by atoms with van der Waals surface area (Å²) in [5.41, 5.74) is 8.93. The summed E-state index contributed by atoms with van der Waals surface area (Å²) in [5, 5.41) is 3.19. The highest BCUT2D eigenvalue weighted by molar-refractivity contribution is 5.78. The first-order valence-corrected chi connectivity index (χ1v) is 11.4. The number of hydrogen-bond donors (Lipinski definition) is 2. The van der Waals surface area contributed by atoms with Crippen molar-refractivity contribution in [2.45, 2.75) is 71.0 Å². The van der Waals surface area contributed by atoms with E-state index in [4.69, 9.17) is 5.73 Å². The van der Waals surface area contributed by atoms with Gasteiger partial charge in [-0.2, -0.15) is 0 Å². The molecule has 2 bridgehead atoms. The predicted octanol–water partition coefficient (Wildman–Crippen LogP) is 3.69. The highest BCUT2D eigenvalue weighted by Gasteiger charge is 2.40. The fourth-order valence-corrected chi connectivity index (χ4v) is 5.79. The minimum absolute atomic E-state index is 0.162. The summed E-state index contributed by atoms with van der Waals surface area (Å²) in [6, 6.07) is 9.13. The molecule has 1 saturated heterocycles. The molecule has 4 heteroatoms. The van der Waals surface area contributed by atoms with Gasteiger partial charge in [-0.05, 0) is 74.0 Å². The Bertz CT molecular complexity index is 644. The second-order valence-corrected chi connectivity index (χ2v) is 9.71. The van der Waals surface area contributed by atoms with Crippen molar-refractivity contribution in [2.75, 3.05) is 13.1 Å². The maximum absolute atomic E-state index is 12.7. The standard InChI is InChI=1S/C24H37N3O/c1-17-4-3-11-27(15-17)16-19-9-7-18(8-10-19)14-26-24(28)22-12-20-5-2-6-21(13-22)23(20)25/h7-10,17,20-23H,2-6,11-16,25H2,1H3,(H,26,28). The van der Waals surface area contributed by atoms with Crippen molar-refractivity contribution in [3.05, 3.63) is 35.4 Å². The molecule has 1 aromatic rings. The van der Waals surface area contributed by atoms with Gasteiger partial charge >= 0.3 is 0 Å². The Morgan fingerprint density at radius 2 is 1.75 bits per heavy atom. The molecule has 0 radical (unpaired) electrons. The number of rotatable bonds is 5. The molecule has 3 unspecified atom stereocenters. The van der Waals surface area contributed by atoms with Crippen LogP contribution in [-0.4, -0.2) is 29.9 Å². The Kier molecular flexibility index (Phi) is 6.37. The number of likely N-dealkylation sites (tertiary alicyclic amines) is 1. The first kappa shape index (κ1) is 19.9. The molecule has 3 fully saturated rings. The highest BCUT2D eigenvalue weighted by Crippen LogP contribution is 2.41. The van der Waals surface area contributed by atoms with Crippen LogP contribution in [-0.2, 0) is 17.9 Å². The normalized spacial score (nSPS) is 33.4. The summed E-state index contributed by atoms with van der Waals surface area (Å²) >= 11 is 0. The van der Waals surface area contributed by atoms with Crippen LogP contribution >= 0.6 is 0 Å². The van der Waals surface area contributed by atoms with Crippen molar-refractivity contribution in [1.29, 1.82) is 0 Å². The summed E-state index contributed by atoms with van der Waals surface area (Å²) in [6.07, 6.45) is 8.35. The van der Waals surface area contributed by atoms with Gasteiger partial charge < -0.3 is 11.1 Å². The molecule has 1 amide bonds. The van der Waals surface area contributed by atoms with Crippen LogP contribution < -0.4 is 11.1 Å². The number of piperidine rings is 1. The van der Waals surface area contributed by atoms with Crippen molar-refractivity contribution in [3.8, 4) is 0 Å². The van der Waals surface area contributed by atoms with Crippen molar-refractivity contribution in [3.63, 3.8) is 0 Å². The van der Waals surface area contributed by atoms with Crippen molar-refractivity contribution in [1.82, 2.24) is 10.2 Å². The number of hydrogen-bond acceptors (Lipinski definition) is 3. The Morgan fingerprint density at radius 3 is 2.43 bits per heavy atom. The van der Waals surface area contributed by atoms with Crippen LogP contribution in [0.5, 0.6) is 0 Å². The first-order valence-electron chi connectivity index (χ1n) is 11.4. The van der Waals surface area contributed by atoms with E-state index in [-0.39, 0.29) is 11.8 Å². The molecule has 154 valence electrons. The van der Waals surface area contributed by atoms with E-state index in [1.54, 1.807) is 0 Å². The predicted molar refractivity (Wildman–Crippen MR) is 113 cm³/mol. The van der Waals surface area contributed by atoms with Crippen LogP contribution in [0.25, 0.3) is 0 Å². The zero-order valence-electron chi connectivity index (χ0n) is 17.4. The average molecular weight is 384 g/mol. The number of nitrogens with zero attached hydrogens (tertiary/aromatic N) is 1. The van der Waals surface area contributed by atoms with Gasteiger partial charge in [0.15, 0.2) is 0 Å². The molecule has 2 saturated carbocycles. The lowest BCUT2D eigenvalue weighted by molar-refractivity contribution is -0.128. The van der Waals surface area contributed by atoms with Gasteiger partial charge in [-0.25, -0.2) is 0 Å². The zero-order chi connectivity index (χ0) is 19.5. The molecular weight excluding hydrogens is 346 g/mol. The van der Waals surface area contributed by atoms with Crippen LogP contribution in [0.4, 0.5) is 0 Å². The van der Waals surface area contributed by atoms with E-state index < -0.39 is 0 Å². The monoisotopic (exact) mass is 383 g/mol. The third-order valence-corrected chi connectivity index (χ3v) is 7.42. The van der Waals surface area contributed by atoms with E-state index in [1.165, 1.54) is 56.3 Å². The minimum atomic E-state index is 0.162. The van der Waals surface area contributed by atoms with Gasteiger partial charge in [0.05, 0.1) is 0 Å². The zero-order valence-corrected chi connectivity index (χ0v) is 17.4. The van der Waals surface area contributed by atoms with Crippen molar-refractivity contribution < 1.29 is 4.79 Å². The van der Waals surface area contributed by atoms with Gasteiger partial charge in [0.2, 0.25) is 5.91 Å². The van der Waals surface area contributed by atoms with E-state index in [9.17, 15) is 4.79 Å². The molecule has 4 rings (SSSR count). The molecular formula is C24H37N3O. The molecule has 2 aliphatic carbocycles. The van der Waals surface area contributed by atoms with Gasteiger partial charge in [0.25, 0.3) is 0 Å². The molecule has 0 spiro atoms. The lowest BCUT2D eigenvalue weighted by Crippen LogP contribution is -2.49. The number of fused-ring (bicyclic) bond motifs is 2. The van der Waals surface area contributed by atoms with E-state index in [2.05, 4.69) is 41.4 Å². The average Bonchev–Trinajstić information content (AvgIpc) is 2.67. The first-order chi connectivity index (χ1) is 13.6. The highest BCUT2D eigenvalue weighted by atomic mass is 16.1. The summed E-state index contributed by atoms with van der Waals surface area (Å²) in [7, 11) is 0. The van der Waals surface area contributed by atoms with Gasteiger partial charge in [0.1, 0.15) is 0 Å². The summed E-state index contributed by atoms with van der Waals surface area (Å²) in [5.74, 6) is 2.32. The fraction of sp³-hybridized carbons (Fsp3) is 0.708. The number of carbonyl (C=O) groups excluding carboxylic acids is 1. The summed E-state index contributed by atoms with van der Waals surface area (Å²) in [4.78, 5) is 15.3. The summed E-state index contributed by atoms with van der Waals surface area (Å²) < 4.78 is 0. The quantitative estimate of drug-likeness (QED) is 0.815. The molecule has 28 heavy (non-hydrogen) atoms. The Hall–Kier alpha value is -1.39. The number of benzene rings is 1.